The summed E-state index contributed by atoms with van der Waals surface area (Å²) in [6.07, 6.45) is 0.856. The highest BCUT2D eigenvalue weighted by Crippen LogP contribution is 2.35. The van der Waals surface area contributed by atoms with Crippen LogP contribution in [0.25, 0.3) is 20.3 Å². The molecule has 0 saturated carbocycles. The molecule has 1 aromatic carbocycles. The predicted molar refractivity (Wildman–Crippen MR) is 63.8 cm³/mol. The van der Waals surface area contributed by atoms with Crippen LogP contribution in [0.15, 0.2) is 24.3 Å². The van der Waals surface area contributed by atoms with E-state index in [4.69, 9.17) is 0 Å². The Morgan fingerprint density at radius 1 is 1.40 bits per heavy atom. The first-order chi connectivity index (χ1) is 7.29. The second-order valence-electron chi connectivity index (χ2n) is 3.64. The van der Waals surface area contributed by atoms with E-state index in [2.05, 4.69) is 24.0 Å². The van der Waals surface area contributed by atoms with Crippen molar-refractivity contribution in [3.8, 4) is 0 Å². The zero-order valence-corrected chi connectivity index (χ0v) is 9.02. The van der Waals surface area contributed by atoms with Crippen LogP contribution in [0.3, 0.4) is 0 Å². The van der Waals surface area contributed by atoms with Crippen LogP contribution in [0.5, 0.6) is 0 Å². The fourth-order valence-electron chi connectivity index (χ4n) is 1.89. The predicted octanol–water partition coefficient (Wildman–Crippen LogP) is 3.50. The molecule has 15 heavy (non-hydrogen) atoms. The highest BCUT2D eigenvalue weighted by Gasteiger charge is 2.09. The van der Waals surface area contributed by atoms with E-state index in [-0.39, 0.29) is 0 Å². The molecule has 74 valence electrons. The SMILES string of the molecule is Cc1cccc2c1sc1cc(C=O)[nH]c12. The van der Waals surface area contributed by atoms with Crippen molar-refractivity contribution < 1.29 is 4.79 Å². The maximum atomic E-state index is 10.7. The minimum Gasteiger partial charge on any atom is -0.351 e. The van der Waals surface area contributed by atoms with E-state index in [1.165, 1.54) is 15.6 Å². The third-order valence-electron chi connectivity index (χ3n) is 2.62. The van der Waals surface area contributed by atoms with Gasteiger partial charge in [-0.25, -0.2) is 0 Å². The quantitative estimate of drug-likeness (QED) is 0.619. The molecule has 2 aromatic heterocycles. The lowest BCUT2D eigenvalue weighted by Gasteiger charge is -1.93. The molecule has 0 bridgehead atoms. The van der Waals surface area contributed by atoms with E-state index in [9.17, 15) is 4.79 Å². The Bertz CT molecular complexity index is 663. The summed E-state index contributed by atoms with van der Waals surface area (Å²) >= 11 is 1.73. The van der Waals surface area contributed by atoms with Crippen molar-refractivity contribution in [2.75, 3.05) is 0 Å². The van der Waals surface area contributed by atoms with Crippen LogP contribution in [0.2, 0.25) is 0 Å². The van der Waals surface area contributed by atoms with Gasteiger partial charge in [0.2, 0.25) is 0 Å². The van der Waals surface area contributed by atoms with Crippen LogP contribution in [0.4, 0.5) is 0 Å². The summed E-state index contributed by atoms with van der Waals surface area (Å²) in [4.78, 5) is 13.8. The third-order valence-corrected chi connectivity index (χ3v) is 3.91. The maximum absolute atomic E-state index is 10.7. The van der Waals surface area contributed by atoms with Crippen LogP contribution < -0.4 is 0 Å². The number of nitrogens with one attached hydrogen (secondary N) is 1. The average molecular weight is 215 g/mol. The van der Waals surface area contributed by atoms with Gasteiger partial charge in [-0.2, -0.15) is 0 Å². The van der Waals surface area contributed by atoms with Crippen molar-refractivity contribution in [1.82, 2.24) is 4.98 Å². The van der Waals surface area contributed by atoms with E-state index < -0.39 is 0 Å². The number of rotatable bonds is 1. The standard InChI is InChI=1S/C12H9NOS/c1-7-3-2-4-9-11-10(15-12(7)9)5-8(6-14)13-11/h2-6,13H,1H3. The second-order valence-corrected chi connectivity index (χ2v) is 4.69. The number of hydrogen-bond acceptors (Lipinski definition) is 2. The number of hydrogen-bond donors (Lipinski definition) is 1. The summed E-state index contributed by atoms with van der Waals surface area (Å²) < 4.78 is 2.46. The first kappa shape index (κ1) is 8.68. The van der Waals surface area contributed by atoms with Gasteiger partial charge in [0.15, 0.2) is 6.29 Å². The zero-order valence-electron chi connectivity index (χ0n) is 8.20. The van der Waals surface area contributed by atoms with Gasteiger partial charge in [0.1, 0.15) is 0 Å². The van der Waals surface area contributed by atoms with Crippen molar-refractivity contribution >= 4 is 37.9 Å². The highest BCUT2D eigenvalue weighted by molar-refractivity contribution is 7.26. The lowest BCUT2D eigenvalue weighted by molar-refractivity contribution is 0.112. The van der Waals surface area contributed by atoms with Gasteiger partial charge in [0.25, 0.3) is 0 Å². The molecule has 1 N–H and O–H groups in total. The Morgan fingerprint density at radius 2 is 2.27 bits per heavy atom. The molecule has 3 aromatic rings. The monoisotopic (exact) mass is 215 g/mol. The summed E-state index contributed by atoms with van der Waals surface area (Å²) in [5, 5.41) is 1.21. The molecule has 2 heterocycles. The van der Waals surface area contributed by atoms with Crippen molar-refractivity contribution in [3.05, 3.63) is 35.5 Å². The van der Waals surface area contributed by atoms with Gasteiger partial charge in [-0.05, 0) is 18.6 Å². The minimum absolute atomic E-state index is 0.652. The maximum Gasteiger partial charge on any atom is 0.166 e. The number of aryl methyl sites for hydroxylation is 1. The number of carbonyl (C=O) groups excluding carboxylic acids is 1. The van der Waals surface area contributed by atoms with Gasteiger partial charge >= 0.3 is 0 Å². The first-order valence-corrected chi connectivity index (χ1v) is 5.57. The molecular formula is C12H9NOS. The Hall–Kier alpha value is -1.61. The van der Waals surface area contributed by atoms with Crippen LogP contribution in [0.1, 0.15) is 16.1 Å². The van der Waals surface area contributed by atoms with Crippen LogP contribution in [-0.4, -0.2) is 11.3 Å². The van der Waals surface area contributed by atoms with Crippen LogP contribution in [-0.2, 0) is 0 Å². The van der Waals surface area contributed by atoms with Crippen molar-refractivity contribution in [2.45, 2.75) is 6.92 Å². The zero-order chi connectivity index (χ0) is 10.4. The minimum atomic E-state index is 0.652. The first-order valence-electron chi connectivity index (χ1n) is 4.75. The van der Waals surface area contributed by atoms with Gasteiger partial charge in [-0.15, -0.1) is 11.3 Å². The Balaban J connectivity index is 2.50. The number of H-pyrrole nitrogens is 1. The summed E-state index contributed by atoms with van der Waals surface area (Å²) in [5.41, 5.74) is 3.02. The molecule has 0 unspecified atom stereocenters. The Morgan fingerprint density at radius 3 is 3.07 bits per heavy atom. The number of benzene rings is 1. The molecule has 0 atom stereocenters. The van der Waals surface area contributed by atoms with Crippen LogP contribution in [0, 0.1) is 6.92 Å². The summed E-state index contributed by atoms with van der Waals surface area (Å²) in [7, 11) is 0. The fourth-order valence-corrected chi connectivity index (χ4v) is 3.07. The smallest absolute Gasteiger partial charge is 0.166 e. The Labute approximate surface area is 90.5 Å². The molecule has 0 aliphatic heterocycles. The highest BCUT2D eigenvalue weighted by atomic mass is 32.1. The van der Waals surface area contributed by atoms with Gasteiger partial charge in [-0.1, -0.05) is 18.2 Å². The fraction of sp³-hybridized carbons (Fsp3) is 0.0833. The molecule has 3 heteroatoms. The average Bonchev–Trinajstić information content (AvgIpc) is 2.76. The molecule has 0 aliphatic rings. The summed E-state index contributed by atoms with van der Waals surface area (Å²) in [6, 6.07) is 8.16. The molecule has 2 nitrogen and oxygen atoms in total. The topological polar surface area (TPSA) is 32.9 Å². The molecule has 0 saturated heterocycles. The van der Waals surface area contributed by atoms with E-state index in [1.807, 2.05) is 12.1 Å². The third kappa shape index (κ3) is 1.13. The van der Waals surface area contributed by atoms with Crippen molar-refractivity contribution in [2.24, 2.45) is 0 Å². The van der Waals surface area contributed by atoms with Crippen LogP contribution >= 0.6 is 11.3 Å². The molecule has 3 rings (SSSR count). The largest absolute Gasteiger partial charge is 0.351 e. The molecule has 0 aliphatic carbocycles. The summed E-state index contributed by atoms with van der Waals surface area (Å²) in [6.45, 7) is 2.11. The summed E-state index contributed by atoms with van der Waals surface area (Å²) in [5.74, 6) is 0. The number of aromatic nitrogens is 1. The van der Waals surface area contributed by atoms with E-state index in [1.54, 1.807) is 11.3 Å². The Kier molecular flexibility index (Phi) is 1.70. The molecule has 0 spiro atoms. The normalized spacial score (nSPS) is 11.3. The van der Waals surface area contributed by atoms with Gasteiger partial charge < -0.3 is 4.98 Å². The van der Waals surface area contributed by atoms with Crippen molar-refractivity contribution in [1.29, 1.82) is 0 Å². The lowest BCUT2D eigenvalue weighted by atomic mass is 10.2. The van der Waals surface area contributed by atoms with E-state index in [0.29, 0.717) is 5.69 Å². The molecular weight excluding hydrogens is 206 g/mol. The van der Waals surface area contributed by atoms with Crippen molar-refractivity contribution in [3.63, 3.8) is 0 Å². The number of fused-ring (bicyclic) bond motifs is 3. The number of aromatic amines is 1. The van der Waals surface area contributed by atoms with E-state index in [0.717, 1.165) is 16.5 Å². The second kappa shape index (κ2) is 2.94. The van der Waals surface area contributed by atoms with Gasteiger partial charge in [0.05, 0.1) is 15.9 Å². The molecule has 0 fully saturated rings. The van der Waals surface area contributed by atoms with Gasteiger partial charge in [-0.3, -0.25) is 4.79 Å². The lowest BCUT2D eigenvalue weighted by Crippen LogP contribution is -1.76. The molecule has 0 radical (unpaired) electrons. The van der Waals surface area contributed by atoms with E-state index >= 15 is 0 Å². The van der Waals surface area contributed by atoms with Gasteiger partial charge in [0, 0.05) is 10.1 Å². The number of thiophene rings is 1. The molecule has 0 amide bonds. The number of carbonyl (C=O) groups is 1. The number of aldehydes is 1.